The zero-order valence-corrected chi connectivity index (χ0v) is 21.8. The number of rotatable bonds is 4. The van der Waals surface area contributed by atoms with Crippen molar-refractivity contribution in [3.63, 3.8) is 0 Å². The maximum atomic E-state index is 13.5. The van der Waals surface area contributed by atoms with Crippen LogP contribution in [0.3, 0.4) is 0 Å². The zero-order chi connectivity index (χ0) is 25.3. The number of allylic oxidation sites excluding steroid dienone is 5. The summed E-state index contributed by atoms with van der Waals surface area (Å²) >= 11 is 7.74. The highest BCUT2D eigenvalue weighted by molar-refractivity contribution is 7.16. The van der Waals surface area contributed by atoms with Gasteiger partial charge in [0.15, 0.2) is 5.78 Å². The van der Waals surface area contributed by atoms with Crippen molar-refractivity contribution in [3.05, 3.63) is 85.2 Å². The largest absolute Gasteiger partial charge is 0.493 e. The summed E-state index contributed by atoms with van der Waals surface area (Å²) in [5.74, 6) is 1.66. The van der Waals surface area contributed by atoms with Gasteiger partial charge < -0.3 is 5.11 Å². The maximum Gasteiger partial charge on any atom is 0.286 e. The van der Waals surface area contributed by atoms with Gasteiger partial charge in [0, 0.05) is 16.0 Å². The highest BCUT2D eigenvalue weighted by Gasteiger charge is 2.53. The number of halogens is 1. The van der Waals surface area contributed by atoms with Gasteiger partial charge in [0.05, 0.1) is 0 Å². The van der Waals surface area contributed by atoms with Crippen LogP contribution in [0.2, 0.25) is 5.02 Å². The molecule has 0 radical (unpaired) electrons. The molecule has 8 rings (SSSR count). The Hall–Kier alpha value is -3.03. The molecule has 188 valence electrons. The van der Waals surface area contributed by atoms with Crippen molar-refractivity contribution in [1.29, 1.82) is 0 Å². The number of benzene rings is 1. The summed E-state index contributed by atoms with van der Waals surface area (Å²) in [4.78, 5) is 30.9. The van der Waals surface area contributed by atoms with Crippen LogP contribution in [0.25, 0.3) is 11.0 Å². The van der Waals surface area contributed by atoms with Crippen LogP contribution in [-0.4, -0.2) is 25.5 Å². The smallest absolute Gasteiger partial charge is 0.286 e. The molecule has 0 spiro atoms. The van der Waals surface area contributed by atoms with Gasteiger partial charge in [-0.3, -0.25) is 9.59 Å². The predicted molar refractivity (Wildman–Crippen MR) is 144 cm³/mol. The van der Waals surface area contributed by atoms with Crippen molar-refractivity contribution in [2.24, 2.45) is 17.8 Å². The molecule has 5 aliphatic carbocycles. The first-order valence-electron chi connectivity index (χ1n) is 12.9. The Morgan fingerprint density at radius 2 is 1.78 bits per heavy atom. The van der Waals surface area contributed by atoms with E-state index in [2.05, 4.69) is 4.98 Å². The molecular formula is C29H26ClN3O3S. The van der Waals surface area contributed by atoms with Gasteiger partial charge in [-0.1, -0.05) is 47.2 Å². The van der Waals surface area contributed by atoms with E-state index in [1.165, 1.54) is 47.3 Å². The molecule has 4 bridgehead atoms. The van der Waals surface area contributed by atoms with Gasteiger partial charge in [0.1, 0.15) is 10.6 Å². The van der Waals surface area contributed by atoms with Gasteiger partial charge in [-0.2, -0.15) is 14.6 Å². The molecule has 3 aromatic rings. The summed E-state index contributed by atoms with van der Waals surface area (Å²) in [6.45, 7) is 0. The van der Waals surface area contributed by atoms with Crippen LogP contribution >= 0.6 is 22.9 Å². The summed E-state index contributed by atoms with van der Waals surface area (Å²) in [5.41, 5.74) is 1.70. The van der Waals surface area contributed by atoms with Gasteiger partial charge in [-0.05, 0) is 98.1 Å². The molecule has 8 heteroatoms. The Morgan fingerprint density at radius 3 is 2.49 bits per heavy atom. The molecule has 0 amide bonds. The van der Waals surface area contributed by atoms with E-state index in [1.54, 1.807) is 12.2 Å². The monoisotopic (exact) mass is 531 g/mol. The van der Waals surface area contributed by atoms with Crippen molar-refractivity contribution >= 4 is 39.8 Å². The van der Waals surface area contributed by atoms with Gasteiger partial charge >= 0.3 is 0 Å². The van der Waals surface area contributed by atoms with E-state index in [0.29, 0.717) is 22.0 Å². The highest BCUT2D eigenvalue weighted by Crippen LogP contribution is 2.61. The number of nitrogens with zero attached hydrogens (tertiary/aromatic N) is 3. The fraction of sp³-hybridized carbons (Fsp3) is 0.379. The molecule has 2 heterocycles. The van der Waals surface area contributed by atoms with Crippen LogP contribution in [0, 0.1) is 17.8 Å². The minimum absolute atomic E-state index is 0.0214. The Morgan fingerprint density at radius 1 is 1.08 bits per heavy atom. The second-order valence-electron chi connectivity index (χ2n) is 11.2. The number of carbonyl (C=O) groups is 1. The third-order valence-corrected chi connectivity index (χ3v) is 10.2. The second-order valence-corrected chi connectivity index (χ2v) is 12.6. The lowest BCUT2D eigenvalue weighted by molar-refractivity contribution is -0.111. The number of ketones is 1. The molecule has 1 aromatic carbocycles. The predicted octanol–water partition coefficient (Wildman–Crippen LogP) is 5.67. The Labute approximate surface area is 223 Å². The molecule has 4 fully saturated rings. The molecule has 2 aromatic heterocycles. The molecule has 37 heavy (non-hydrogen) atoms. The fourth-order valence-electron chi connectivity index (χ4n) is 7.40. The summed E-state index contributed by atoms with van der Waals surface area (Å²) in [7, 11) is 0. The number of hydrogen-bond acceptors (Lipinski definition) is 6. The SMILES string of the molecule is O=C1C=CC(Cc2ccccc2Cl)=C/C1=C\c1c(O)nc2sc(C34CC5CC(CC(C5)C3)C4)nn2c1=O. The Kier molecular flexibility index (Phi) is 5.31. The van der Waals surface area contributed by atoms with Crippen molar-refractivity contribution in [1.82, 2.24) is 14.6 Å². The zero-order valence-electron chi connectivity index (χ0n) is 20.2. The van der Waals surface area contributed by atoms with Crippen LogP contribution in [0.4, 0.5) is 0 Å². The average molecular weight is 532 g/mol. The summed E-state index contributed by atoms with van der Waals surface area (Å²) < 4.78 is 1.32. The summed E-state index contributed by atoms with van der Waals surface area (Å²) in [6.07, 6.45) is 14.3. The lowest BCUT2D eigenvalue weighted by Gasteiger charge is -2.55. The van der Waals surface area contributed by atoms with Crippen LogP contribution < -0.4 is 5.56 Å². The standard InChI is InChI=1S/C29H26ClN3O3S/c30-23-4-2-1-3-20(23)10-16-5-6-24(34)21(11-16)12-22-25(35)31-28-33(26(22)36)32-27(37-28)29-13-17-7-18(14-29)9-19(8-17)15-29/h1-6,11-12,17-19,35H,7-10,13-15H2/b21-12+. The third-order valence-electron chi connectivity index (χ3n) is 8.64. The summed E-state index contributed by atoms with van der Waals surface area (Å²) in [6, 6.07) is 7.56. The first-order chi connectivity index (χ1) is 17.9. The first kappa shape index (κ1) is 23.1. The van der Waals surface area contributed by atoms with E-state index in [-0.39, 0.29) is 22.6 Å². The van der Waals surface area contributed by atoms with Crippen molar-refractivity contribution < 1.29 is 9.90 Å². The number of aromatic nitrogens is 3. The maximum absolute atomic E-state index is 13.5. The third kappa shape index (κ3) is 3.91. The van der Waals surface area contributed by atoms with Crippen LogP contribution in [0.15, 0.2) is 58.4 Å². The molecule has 0 unspecified atom stereocenters. The fourth-order valence-corrected chi connectivity index (χ4v) is 8.70. The average Bonchev–Trinajstić information content (AvgIpc) is 3.29. The van der Waals surface area contributed by atoms with E-state index in [1.807, 2.05) is 24.3 Å². The quantitative estimate of drug-likeness (QED) is 0.438. The Balaban J connectivity index is 1.26. The molecule has 4 saturated carbocycles. The minimum Gasteiger partial charge on any atom is -0.493 e. The normalized spacial score (nSPS) is 29.4. The van der Waals surface area contributed by atoms with E-state index >= 15 is 0 Å². The number of carbonyl (C=O) groups excluding carboxylic acids is 1. The van der Waals surface area contributed by atoms with Crippen molar-refractivity contribution in [3.8, 4) is 5.88 Å². The number of aromatic hydroxyl groups is 1. The first-order valence-corrected chi connectivity index (χ1v) is 14.1. The van der Waals surface area contributed by atoms with Gasteiger partial charge in [0.2, 0.25) is 10.8 Å². The van der Waals surface area contributed by atoms with Gasteiger partial charge in [-0.25, -0.2) is 0 Å². The van der Waals surface area contributed by atoms with Crippen LogP contribution in [0.5, 0.6) is 5.88 Å². The highest BCUT2D eigenvalue weighted by atomic mass is 35.5. The van der Waals surface area contributed by atoms with Crippen LogP contribution in [-0.2, 0) is 16.6 Å². The van der Waals surface area contributed by atoms with Gasteiger partial charge in [-0.15, -0.1) is 0 Å². The van der Waals surface area contributed by atoms with Crippen molar-refractivity contribution in [2.45, 2.75) is 50.4 Å². The molecular weight excluding hydrogens is 506 g/mol. The molecule has 0 atom stereocenters. The molecule has 0 saturated heterocycles. The lowest BCUT2D eigenvalue weighted by Crippen LogP contribution is -2.48. The molecule has 6 nitrogen and oxygen atoms in total. The Bertz CT molecular complexity index is 1580. The summed E-state index contributed by atoms with van der Waals surface area (Å²) in [5, 5.41) is 17.1. The van der Waals surface area contributed by atoms with Crippen LogP contribution in [0.1, 0.15) is 54.7 Å². The van der Waals surface area contributed by atoms with E-state index in [0.717, 1.165) is 53.2 Å². The van der Waals surface area contributed by atoms with E-state index in [4.69, 9.17) is 16.7 Å². The second kappa shape index (κ2) is 8.50. The molecule has 1 N–H and O–H groups in total. The molecule has 5 aliphatic rings. The van der Waals surface area contributed by atoms with Crippen molar-refractivity contribution in [2.75, 3.05) is 0 Å². The molecule has 0 aliphatic heterocycles. The number of fused-ring (bicyclic) bond motifs is 1. The van der Waals surface area contributed by atoms with Gasteiger partial charge in [0.25, 0.3) is 5.56 Å². The topological polar surface area (TPSA) is 84.6 Å². The lowest BCUT2D eigenvalue weighted by atomic mass is 9.50. The van der Waals surface area contributed by atoms with E-state index < -0.39 is 5.56 Å². The van der Waals surface area contributed by atoms with E-state index in [9.17, 15) is 14.7 Å². The minimum atomic E-state index is -0.453. The number of hydrogen-bond donors (Lipinski definition) is 1.